The number of amides is 2. The number of nitrogens with zero attached hydrogens (tertiary/aromatic N) is 2. The molecule has 126 valence electrons. The Hall–Kier alpha value is -0.850. The van der Waals surface area contributed by atoms with Crippen LogP contribution < -0.4 is 5.32 Å². The first-order valence-electron chi connectivity index (χ1n) is 8.65. The molecule has 1 N–H and O–H groups in total. The molecule has 3 rings (SSSR count). The van der Waals surface area contributed by atoms with Crippen LogP contribution in [0.1, 0.15) is 25.7 Å². The summed E-state index contributed by atoms with van der Waals surface area (Å²) in [5.41, 5.74) is 0. The van der Waals surface area contributed by atoms with Crippen LogP contribution in [0.25, 0.3) is 0 Å². The Morgan fingerprint density at radius 3 is 2.68 bits per heavy atom. The molecule has 1 saturated carbocycles. The van der Waals surface area contributed by atoms with Crippen LogP contribution in [-0.4, -0.2) is 81.0 Å². The third kappa shape index (κ3) is 4.83. The van der Waals surface area contributed by atoms with Crippen LogP contribution in [0.2, 0.25) is 0 Å². The molecule has 0 bridgehead atoms. The van der Waals surface area contributed by atoms with Crippen LogP contribution >= 0.6 is 0 Å². The molecule has 0 radical (unpaired) electrons. The molecular formula is C16H29N3O3. The first-order valence-corrected chi connectivity index (χ1v) is 8.65. The molecule has 6 nitrogen and oxygen atoms in total. The summed E-state index contributed by atoms with van der Waals surface area (Å²) in [6.07, 6.45) is 4.99. The zero-order valence-corrected chi connectivity index (χ0v) is 13.6. The number of rotatable bonds is 6. The molecule has 2 saturated heterocycles. The second kappa shape index (κ2) is 7.62. The Labute approximate surface area is 133 Å². The number of likely N-dealkylation sites (N-methyl/N-ethyl adjacent to an activating group) is 1. The van der Waals surface area contributed by atoms with Crippen molar-refractivity contribution in [3.8, 4) is 0 Å². The van der Waals surface area contributed by atoms with E-state index in [1.165, 1.54) is 12.8 Å². The quantitative estimate of drug-likeness (QED) is 0.792. The first kappa shape index (κ1) is 16.0. The van der Waals surface area contributed by atoms with Gasteiger partial charge in [0.25, 0.3) is 0 Å². The standard InChI is InChI=1S/C16H29N3O3/c1-18-6-8-22-15(11-18)12-19(10-13-4-5-13)16(20)17-9-14-3-2-7-21-14/h13-15H,2-12H2,1H3,(H,17,20)/t14-,15+/m1/s1. The summed E-state index contributed by atoms with van der Waals surface area (Å²) < 4.78 is 11.4. The number of urea groups is 1. The Kier molecular flexibility index (Phi) is 5.55. The highest BCUT2D eigenvalue weighted by Gasteiger charge is 2.30. The molecule has 2 aliphatic heterocycles. The molecule has 1 aliphatic carbocycles. The lowest BCUT2D eigenvalue weighted by molar-refractivity contribution is -0.0309. The van der Waals surface area contributed by atoms with E-state index in [1.54, 1.807) is 0 Å². The zero-order chi connectivity index (χ0) is 15.4. The van der Waals surface area contributed by atoms with Crippen molar-refractivity contribution in [2.24, 2.45) is 5.92 Å². The SMILES string of the molecule is CN1CCO[C@H](CN(CC2CC2)C(=O)NC[C@H]2CCCO2)C1. The summed E-state index contributed by atoms with van der Waals surface area (Å²) in [7, 11) is 2.11. The highest BCUT2D eigenvalue weighted by atomic mass is 16.5. The summed E-state index contributed by atoms with van der Waals surface area (Å²) in [4.78, 5) is 16.7. The summed E-state index contributed by atoms with van der Waals surface area (Å²) in [6, 6.07) is 0.0410. The van der Waals surface area contributed by atoms with E-state index >= 15 is 0 Å². The minimum absolute atomic E-state index is 0.0410. The Morgan fingerprint density at radius 1 is 1.18 bits per heavy atom. The molecule has 0 spiro atoms. The smallest absolute Gasteiger partial charge is 0.317 e. The van der Waals surface area contributed by atoms with Crippen molar-refractivity contribution in [2.75, 3.05) is 53.0 Å². The fraction of sp³-hybridized carbons (Fsp3) is 0.938. The summed E-state index contributed by atoms with van der Waals surface area (Å²) in [5.74, 6) is 0.690. The van der Waals surface area contributed by atoms with Gasteiger partial charge in [0, 0.05) is 39.3 Å². The number of hydrogen-bond donors (Lipinski definition) is 1. The van der Waals surface area contributed by atoms with Crippen LogP contribution in [0, 0.1) is 5.92 Å². The molecule has 2 amide bonds. The summed E-state index contributed by atoms with van der Waals surface area (Å²) in [6.45, 7) is 5.65. The molecule has 0 unspecified atom stereocenters. The van der Waals surface area contributed by atoms with Crippen molar-refractivity contribution in [1.29, 1.82) is 0 Å². The molecule has 0 aromatic heterocycles. The third-order valence-electron chi connectivity index (χ3n) is 4.73. The number of morpholine rings is 1. The van der Waals surface area contributed by atoms with Crippen molar-refractivity contribution in [3.63, 3.8) is 0 Å². The van der Waals surface area contributed by atoms with Gasteiger partial charge in [-0.15, -0.1) is 0 Å². The monoisotopic (exact) mass is 311 g/mol. The van der Waals surface area contributed by atoms with Gasteiger partial charge in [0.2, 0.25) is 0 Å². The number of nitrogens with one attached hydrogen (secondary N) is 1. The largest absolute Gasteiger partial charge is 0.376 e. The van der Waals surface area contributed by atoms with Crippen molar-refractivity contribution in [2.45, 2.75) is 37.9 Å². The van der Waals surface area contributed by atoms with E-state index in [2.05, 4.69) is 17.3 Å². The lowest BCUT2D eigenvalue weighted by atomic mass is 10.2. The predicted octanol–water partition coefficient (Wildman–Crippen LogP) is 0.918. The molecule has 0 aromatic carbocycles. The highest BCUT2D eigenvalue weighted by molar-refractivity contribution is 5.74. The van der Waals surface area contributed by atoms with E-state index in [0.29, 0.717) is 19.0 Å². The summed E-state index contributed by atoms with van der Waals surface area (Å²) >= 11 is 0. The highest BCUT2D eigenvalue weighted by Crippen LogP contribution is 2.30. The van der Waals surface area contributed by atoms with Gasteiger partial charge in [-0.3, -0.25) is 0 Å². The van der Waals surface area contributed by atoms with Crippen LogP contribution in [0.4, 0.5) is 4.79 Å². The second-order valence-corrected chi connectivity index (χ2v) is 6.92. The lowest BCUT2D eigenvalue weighted by Crippen LogP contribution is -2.51. The first-order chi connectivity index (χ1) is 10.7. The van der Waals surface area contributed by atoms with Gasteiger partial charge in [0.15, 0.2) is 0 Å². The maximum absolute atomic E-state index is 12.5. The predicted molar refractivity (Wildman–Crippen MR) is 83.9 cm³/mol. The van der Waals surface area contributed by atoms with Gasteiger partial charge in [-0.25, -0.2) is 4.79 Å². The van der Waals surface area contributed by atoms with E-state index in [-0.39, 0.29) is 18.2 Å². The third-order valence-corrected chi connectivity index (χ3v) is 4.73. The van der Waals surface area contributed by atoms with Crippen molar-refractivity contribution < 1.29 is 14.3 Å². The summed E-state index contributed by atoms with van der Waals surface area (Å²) in [5, 5.41) is 3.05. The molecule has 2 atom stereocenters. The van der Waals surface area contributed by atoms with Crippen molar-refractivity contribution >= 4 is 6.03 Å². The maximum Gasteiger partial charge on any atom is 0.317 e. The fourth-order valence-corrected chi connectivity index (χ4v) is 3.19. The van der Waals surface area contributed by atoms with Crippen molar-refractivity contribution in [3.05, 3.63) is 0 Å². The Balaban J connectivity index is 1.47. The molecular weight excluding hydrogens is 282 g/mol. The molecule has 3 aliphatic rings. The minimum atomic E-state index is 0.0410. The van der Waals surface area contributed by atoms with E-state index in [4.69, 9.17) is 9.47 Å². The van der Waals surface area contributed by atoms with Gasteiger partial charge >= 0.3 is 6.03 Å². The van der Waals surface area contributed by atoms with Crippen molar-refractivity contribution in [1.82, 2.24) is 15.1 Å². The normalized spacial score (nSPS) is 29.5. The lowest BCUT2D eigenvalue weighted by Gasteiger charge is -2.34. The number of carbonyl (C=O) groups is 1. The van der Waals surface area contributed by atoms with Gasteiger partial charge in [0.05, 0.1) is 18.8 Å². The average Bonchev–Trinajstić information content (AvgIpc) is 3.16. The van der Waals surface area contributed by atoms with Crippen LogP contribution in [0.5, 0.6) is 0 Å². The van der Waals surface area contributed by atoms with E-state index in [1.807, 2.05) is 4.90 Å². The molecule has 6 heteroatoms. The number of carbonyl (C=O) groups excluding carboxylic acids is 1. The van der Waals surface area contributed by atoms with Crippen LogP contribution in [0.3, 0.4) is 0 Å². The van der Waals surface area contributed by atoms with Gasteiger partial charge in [-0.1, -0.05) is 0 Å². The van der Waals surface area contributed by atoms with E-state index in [9.17, 15) is 4.79 Å². The van der Waals surface area contributed by atoms with E-state index in [0.717, 1.165) is 45.7 Å². The second-order valence-electron chi connectivity index (χ2n) is 6.92. The van der Waals surface area contributed by atoms with Gasteiger partial charge in [-0.2, -0.15) is 0 Å². The van der Waals surface area contributed by atoms with Gasteiger partial charge < -0.3 is 24.6 Å². The fourth-order valence-electron chi connectivity index (χ4n) is 3.19. The number of hydrogen-bond acceptors (Lipinski definition) is 4. The maximum atomic E-state index is 12.5. The minimum Gasteiger partial charge on any atom is -0.376 e. The molecule has 3 fully saturated rings. The Bertz CT molecular complexity index is 370. The zero-order valence-electron chi connectivity index (χ0n) is 13.6. The molecule has 22 heavy (non-hydrogen) atoms. The average molecular weight is 311 g/mol. The van der Waals surface area contributed by atoms with Crippen LogP contribution in [0.15, 0.2) is 0 Å². The Morgan fingerprint density at radius 2 is 2.00 bits per heavy atom. The molecule has 2 heterocycles. The van der Waals surface area contributed by atoms with Gasteiger partial charge in [0.1, 0.15) is 0 Å². The van der Waals surface area contributed by atoms with E-state index < -0.39 is 0 Å². The molecule has 0 aromatic rings. The van der Waals surface area contributed by atoms with Gasteiger partial charge in [-0.05, 0) is 38.6 Å². The topological polar surface area (TPSA) is 54.0 Å². The number of ether oxygens (including phenoxy) is 2. The van der Waals surface area contributed by atoms with Crippen LogP contribution in [-0.2, 0) is 9.47 Å².